The summed E-state index contributed by atoms with van der Waals surface area (Å²) in [6.07, 6.45) is -0.201. The first-order chi connectivity index (χ1) is 9.06. The van der Waals surface area contributed by atoms with Gasteiger partial charge in [-0.25, -0.2) is 4.79 Å². The molecule has 0 bridgehead atoms. The van der Waals surface area contributed by atoms with E-state index in [1.807, 2.05) is 6.92 Å². The van der Waals surface area contributed by atoms with Crippen molar-refractivity contribution in [2.24, 2.45) is 0 Å². The van der Waals surface area contributed by atoms with Gasteiger partial charge in [0.25, 0.3) is 0 Å². The fourth-order valence-corrected chi connectivity index (χ4v) is 1.51. The van der Waals surface area contributed by atoms with Crippen LogP contribution in [0.4, 0.5) is 0 Å². The second-order valence-electron chi connectivity index (χ2n) is 3.89. The summed E-state index contributed by atoms with van der Waals surface area (Å²) >= 11 is 0. The van der Waals surface area contributed by atoms with Gasteiger partial charge in [0, 0.05) is 12.7 Å². The maximum absolute atomic E-state index is 11.0. The van der Waals surface area contributed by atoms with Gasteiger partial charge in [-0.1, -0.05) is 11.8 Å². The van der Waals surface area contributed by atoms with Crippen LogP contribution in [0.2, 0.25) is 0 Å². The second-order valence-corrected chi connectivity index (χ2v) is 3.89. The lowest BCUT2D eigenvalue weighted by Gasteiger charge is -2.14. The van der Waals surface area contributed by atoms with E-state index >= 15 is 0 Å². The molecule has 0 unspecified atom stereocenters. The largest absolute Gasteiger partial charge is 0.488 e. The van der Waals surface area contributed by atoms with Gasteiger partial charge in [-0.05, 0) is 25.1 Å². The first-order valence-corrected chi connectivity index (χ1v) is 5.70. The molecule has 0 amide bonds. The van der Waals surface area contributed by atoms with Crippen molar-refractivity contribution < 1.29 is 24.5 Å². The number of hydrogen-bond acceptors (Lipinski definition) is 4. The molecule has 5 heteroatoms. The number of rotatable bonds is 5. The number of benzene rings is 1. The van der Waals surface area contributed by atoms with E-state index in [4.69, 9.17) is 19.7 Å². The second kappa shape index (κ2) is 7.41. The molecular formula is C14H16O5. The van der Waals surface area contributed by atoms with Gasteiger partial charge in [-0.2, -0.15) is 0 Å². The molecule has 0 fully saturated rings. The summed E-state index contributed by atoms with van der Waals surface area (Å²) in [5.74, 6) is 4.48. The molecule has 0 saturated carbocycles. The lowest BCUT2D eigenvalue weighted by Crippen LogP contribution is -2.18. The smallest absolute Gasteiger partial charge is 0.335 e. The molecule has 0 heterocycles. The number of carboxylic acid groups (broad SMARTS) is 1. The molecule has 1 atom stereocenters. The van der Waals surface area contributed by atoms with E-state index in [9.17, 15) is 4.79 Å². The van der Waals surface area contributed by atoms with Crippen molar-refractivity contribution in [2.75, 3.05) is 20.3 Å². The average molecular weight is 264 g/mol. The molecule has 0 aliphatic carbocycles. The van der Waals surface area contributed by atoms with Crippen LogP contribution in [0.15, 0.2) is 18.2 Å². The summed E-state index contributed by atoms with van der Waals surface area (Å²) in [6.45, 7) is 1.93. The predicted molar refractivity (Wildman–Crippen MR) is 69.3 cm³/mol. The highest BCUT2D eigenvalue weighted by atomic mass is 16.5. The van der Waals surface area contributed by atoms with Crippen molar-refractivity contribution in [3.63, 3.8) is 0 Å². The normalized spacial score (nSPS) is 11.3. The number of ether oxygens (including phenoxy) is 2. The zero-order chi connectivity index (χ0) is 14.3. The summed E-state index contributed by atoms with van der Waals surface area (Å²) in [5, 5.41) is 17.7. The molecule has 0 saturated heterocycles. The molecule has 0 spiro atoms. The van der Waals surface area contributed by atoms with Crippen molar-refractivity contribution in [2.45, 2.75) is 13.0 Å². The fraction of sp³-hybridized carbons (Fsp3) is 0.357. The Labute approximate surface area is 111 Å². The van der Waals surface area contributed by atoms with E-state index in [1.54, 1.807) is 13.2 Å². The van der Waals surface area contributed by atoms with Gasteiger partial charge in [0.1, 0.15) is 18.5 Å². The van der Waals surface area contributed by atoms with Crippen LogP contribution in [0.5, 0.6) is 5.75 Å². The van der Waals surface area contributed by atoms with Crippen LogP contribution in [0, 0.1) is 11.8 Å². The van der Waals surface area contributed by atoms with Gasteiger partial charge >= 0.3 is 5.97 Å². The Kier molecular flexibility index (Phi) is 5.86. The van der Waals surface area contributed by atoms with Gasteiger partial charge in [-0.15, -0.1) is 0 Å². The molecule has 1 rings (SSSR count). The maximum Gasteiger partial charge on any atom is 0.335 e. The van der Waals surface area contributed by atoms with Crippen LogP contribution in [0.25, 0.3) is 0 Å². The third-order valence-corrected chi connectivity index (χ3v) is 2.20. The topological polar surface area (TPSA) is 76.0 Å². The Morgan fingerprint density at radius 1 is 1.42 bits per heavy atom. The number of methoxy groups -OCH3 is 1. The Balaban J connectivity index is 3.02. The molecular weight excluding hydrogens is 248 g/mol. The monoisotopic (exact) mass is 264 g/mol. The van der Waals surface area contributed by atoms with Gasteiger partial charge in [0.05, 0.1) is 12.2 Å². The summed E-state index contributed by atoms with van der Waals surface area (Å²) in [5.41, 5.74) is 0.568. The van der Waals surface area contributed by atoms with E-state index < -0.39 is 5.97 Å². The SMILES string of the molecule is COC[C@H](C)Oc1cc(C#CCO)cc(C(=O)O)c1. The molecule has 0 aliphatic heterocycles. The summed E-state index contributed by atoms with van der Waals surface area (Å²) in [4.78, 5) is 11.0. The average Bonchev–Trinajstić information content (AvgIpc) is 2.36. The van der Waals surface area contributed by atoms with Crippen LogP contribution in [-0.2, 0) is 4.74 Å². The number of aliphatic hydroxyl groups excluding tert-OH is 1. The Morgan fingerprint density at radius 3 is 2.74 bits per heavy atom. The number of aliphatic hydroxyl groups is 1. The Bertz CT molecular complexity index is 498. The number of aromatic carboxylic acids is 1. The molecule has 2 N–H and O–H groups in total. The Morgan fingerprint density at radius 2 is 2.16 bits per heavy atom. The molecule has 1 aromatic carbocycles. The van der Waals surface area contributed by atoms with Crippen LogP contribution in [0.1, 0.15) is 22.8 Å². The van der Waals surface area contributed by atoms with E-state index in [1.165, 1.54) is 12.1 Å². The molecule has 102 valence electrons. The summed E-state index contributed by atoms with van der Waals surface area (Å²) in [6, 6.07) is 4.48. The minimum Gasteiger partial charge on any atom is -0.488 e. The van der Waals surface area contributed by atoms with Gasteiger partial charge in [-0.3, -0.25) is 0 Å². The number of hydrogen-bond donors (Lipinski definition) is 2. The predicted octanol–water partition coefficient (Wildman–Crippen LogP) is 1.14. The zero-order valence-corrected chi connectivity index (χ0v) is 10.8. The molecule has 0 aromatic heterocycles. The van der Waals surface area contributed by atoms with Gasteiger partial charge in [0.15, 0.2) is 0 Å². The van der Waals surface area contributed by atoms with Crippen LogP contribution < -0.4 is 4.74 Å². The summed E-state index contributed by atoms with van der Waals surface area (Å²) in [7, 11) is 1.56. The van der Waals surface area contributed by atoms with Crippen molar-refractivity contribution in [3.05, 3.63) is 29.3 Å². The van der Waals surface area contributed by atoms with Crippen molar-refractivity contribution in [3.8, 4) is 17.6 Å². The minimum absolute atomic E-state index is 0.0874. The highest BCUT2D eigenvalue weighted by Gasteiger charge is 2.09. The van der Waals surface area contributed by atoms with Crippen LogP contribution >= 0.6 is 0 Å². The first kappa shape index (κ1) is 15.0. The molecule has 5 nitrogen and oxygen atoms in total. The molecule has 19 heavy (non-hydrogen) atoms. The number of carboxylic acids is 1. The van der Waals surface area contributed by atoms with E-state index in [0.717, 1.165) is 0 Å². The van der Waals surface area contributed by atoms with E-state index in [-0.39, 0.29) is 18.3 Å². The lowest BCUT2D eigenvalue weighted by atomic mass is 10.1. The third kappa shape index (κ3) is 5.00. The molecule has 0 aliphatic rings. The standard InChI is InChI=1S/C14H16O5/c1-10(9-18-2)19-13-7-11(4-3-5-15)6-12(8-13)14(16)17/h6-8,10,15H,5,9H2,1-2H3,(H,16,17)/t10-/m0/s1. The van der Waals surface area contributed by atoms with Gasteiger partial charge in [0.2, 0.25) is 0 Å². The molecule has 0 radical (unpaired) electrons. The van der Waals surface area contributed by atoms with E-state index in [2.05, 4.69) is 11.8 Å². The van der Waals surface area contributed by atoms with Crippen LogP contribution in [0.3, 0.4) is 0 Å². The highest BCUT2D eigenvalue weighted by molar-refractivity contribution is 5.88. The minimum atomic E-state index is -1.06. The lowest BCUT2D eigenvalue weighted by molar-refractivity contribution is 0.0694. The maximum atomic E-state index is 11.0. The van der Waals surface area contributed by atoms with Crippen molar-refractivity contribution in [1.29, 1.82) is 0 Å². The quantitative estimate of drug-likeness (QED) is 0.780. The van der Waals surface area contributed by atoms with Gasteiger partial charge < -0.3 is 19.7 Å². The highest BCUT2D eigenvalue weighted by Crippen LogP contribution is 2.18. The van der Waals surface area contributed by atoms with E-state index in [0.29, 0.717) is 17.9 Å². The van der Waals surface area contributed by atoms with Crippen LogP contribution in [-0.4, -0.2) is 42.6 Å². The Hall–Kier alpha value is -2.03. The summed E-state index contributed by atoms with van der Waals surface area (Å²) < 4.78 is 10.5. The van der Waals surface area contributed by atoms with Crippen molar-refractivity contribution in [1.82, 2.24) is 0 Å². The zero-order valence-electron chi connectivity index (χ0n) is 10.8. The first-order valence-electron chi connectivity index (χ1n) is 5.70. The third-order valence-electron chi connectivity index (χ3n) is 2.20. The van der Waals surface area contributed by atoms with Crippen molar-refractivity contribution >= 4 is 5.97 Å². The fourth-order valence-electron chi connectivity index (χ4n) is 1.51. The number of carbonyl (C=O) groups is 1. The molecule has 1 aromatic rings.